The lowest BCUT2D eigenvalue weighted by Crippen LogP contribution is -2.61. The summed E-state index contributed by atoms with van der Waals surface area (Å²) in [5.41, 5.74) is 1.02. The Balaban J connectivity index is 1.52. The highest BCUT2D eigenvalue weighted by Crippen LogP contribution is 2.39. The minimum absolute atomic E-state index is 0.0193. The zero-order chi connectivity index (χ0) is 18.9. The van der Waals surface area contributed by atoms with Crippen molar-refractivity contribution < 1.29 is 9.59 Å². The smallest absolute Gasteiger partial charge is 0.248 e. The highest BCUT2D eigenvalue weighted by molar-refractivity contribution is 7.09. The van der Waals surface area contributed by atoms with Crippen LogP contribution in [0.2, 0.25) is 0 Å². The third-order valence-corrected chi connectivity index (χ3v) is 6.39. The molecule has 6 nitrogen and oxygen atoms in total. The van der Waals surface area contributed by atoms with Crippen LogP contribution < -0.4 is 0 Å². The van der Waals surface area contributed by atoms with E-state index in [9.17, 15) is 9.59 Å². The maximum Gasteiger partial charge on any atom is 0.248 e. The van der Waals surface area contributed by atoms with Crippen LogP contribution in [-0.2, 0) is 22.6 Å². The number of aromatic nitrogens is 2. The number of likely N-dealkylation sites (tertiary alicyclic amines) is 2. The first-order valence-electron chi connectivity index (χ1n) is 9.49. The summed E-state index contributed by atoms with van der Waals surface area (Å²) in [5, 5.41) is 2.90. The highest BCUT2D eigenvalue weighted by atomic mass is 32.1. The molecule has 27 heavy (non-hydrogen) atoms. The van der Waals surface area contributed by atoms with Crippen LogP contribution in [0.15, 0.2) is 29.8 Å². The fourth-order valence-corrected chi connectivity index (χ4v) is 4.98. The number of carbonyl (C=O) groups excluding carboxylic acids is 2. The van der Waals surface area contributed by atoms with Gasteiger partial charge in [0.2, 0.25) is 11.8 Å². The molecule has 1 spiro atoms. The predicted octanol–water partition coefficient (Wildman–Crippen LogP) is 2.57. The number of hydrogen-bond donors (Lipinski definition) is 0. The van der Waals surface area contributed by atoms with E-state index in [4.69, 9.17) is 0 Å². The van der Waals surface area contributed by atoms with Crippen LogP contribution in [0.5, 0.6) is 0 Å². The van der Waals surface area contributed by atoms with Gasteiger partial charge in [0.1, 0.15) is 5.54 Å². The first-order chi connectivity index (χ1) is 13.1. The molecule has 0 saturated carbocycles. The van der Waals surface area contributed by atoms with E-state index in [1.54, 1.807) is 17.5 Å². The van der Waals surface area contributed by atoms with E-state index in [1.165, 1.54) is 0 Å². The van der Waals surface area contributed by atoms with Crippen molar-refractivity contribution in [2.24, 2.45) is 0 Å². The van der Waals surface area contributed by atoms with Gasteiger partial charge in [-0.2, -0.15) is 0 Å². The lowest BCUT2D eigenvalue weighted by molar-refractivity contribution is -0.155. The SMILES string of the molecule is Cc1nc(CC(=O)N2CCCC23CCCN(Cc2ccccn2)C3=O)cs1. The van der Waals surface area contributed by atoms with Crippen molar-refractivity contribution in [1.29, 1.82) is 0 Å². The molecule has 7 heteroatoms. The Morgan fingerprint density at radius 3 is 2.74 bits per heavy atom. The van der Waals surface area contributed by atoms with Gasteiger partial charge in [-0.1, -0.05) is 6.07 Å². The second-order valence-electron chi connectivity index (χ2n) is 7.37. The Kier molecular flexibility index (Phi) is 4.95. The molecular formula is C20H24N4O2S. The van der Waals surface area contributed by atoms with Crippen LogP contribution in [0.1, 0.15) is 42.1 Å². The standard InChI is InChI=1S/C20H24N4O2S/c1-15-22-17(14-27-15)12-18(25)24-11-5-8-20(24)7-4-10-23(19(20)26)13-16-6-2-3-9-21-16/h2-3,6,9,14H,4-5,7-8,10-13H2,1H3. The van der Waals surface area contributed by atoms with Crippen LogP contribution in [0.3, 0.4) is 0 Å². The average molecular weight is 385 g/mol. The predicted molar refractivity (Wildman–Crippen MR) is 103 cm³/mol. The Morgan fingerprint density at radius 1 is 1.22 bits per heavy atom. The second kappa shape index (κ2) is 7.38. The monoisotopic (exact) mass is 384 g/mol. The number of hydrogen-bond acceptors (Lipinski definition) is 5. The third-order valence-electron chi connectivity index (χ3n) is 5.57. The van der Waals surface area contributed by atoms with Gasteiger partial charge >= 0.3 is 0 Å². The van der Waals surface area contributed by atoms with Crippen molar-refractivity contribution in [1.82, 2.24) is 19.8 Å². The van der Waals surface area contributed by atoms with Gasteiger partial charge in [0, 0.05) is 24.7 Å². The van der Waals surface area contributed by atoms with E-state index < -0.39 is 5.54 Å². The molecule has 2 aromatic rings. The number of amides is 2. The van der Waals surface area contributed by atoms with Gasteiger partial charge in [-0.05, 0) is 44.7 Å². The summed E-state index contributed by atoms with van der Waals surface area (Å²) in [7, 11) is 0. The van der Waals surface area contributed by atoms with Gasteiger partial charge in [-0.15, -0.1) is 11.3 Å². The summed E-state index contributed by atoms with van der Waals surface area (Å²) in [4.78, 5) is 38.9. The van der Waals surface area contributed by atoms with Crippen LogP contribution in [-0.4, -0.2) is 50.2 Å². The Morgan fingerprint density at radius 2 is 2.04 bits per heavy atom. The summed E-state index contributed by atoms with van der Waals surface area (Å²) in [6.07, 6.45) is 5.34. The van der Waals surface area contributed by atoms with E-state index in [2.05, 4.69) is 9.97 Å². The molecule has 0 bridgehead atoms. The van der Waals surface area contributed by atoms with Crippen LogP contribution in [0, 0.1) is 6.92 Å². The molecule has 1 atom stereocenters. The van der Waals surface area contributed by atoms with Gasteiger partial charge in [-0.3, -0.25) is 14.6 Å². The summed E-state index contributed by atoms with van der Waals surface area (Å²) in [6, 6.07) is 5.76. The first-order valence-corrected chi connectivity index (χ1v) is 10.4. The number of piperidine rings is 1. The largest absolute Gasteiger partial charge is 0.335 e. The zero-order valence-corrected chi connectivity index (χ0v) is 16.4. The summed E-state index contributed by atoms with van der Waals surface area (Å²) < 4.78 is 0. The third kappa shape index (κ3) is 3.48. The first kappa shape index (κ1) is 18.1. The number of thiazole rings is 1. The molecule has 2 aliphatic rings. The number of carbonyl (C=O) groups is 2. The molecule has 2 aromatic heterocycles. The summed E-state index contributed by atoms with van der Waals surface area (Å²) >= 11 is 1.55. The second-order valence-corrected chi connectivity index (χ2v) is 8.43. The topological polar surface area (TPSA) is 66.4 Å². The van der Waals surface area contributed by atoms with Crippen LogP contribution >= 0.6 is 11.3 Å². The summed E-state index contributed by atoms with van der Waals surface area (Å²) in [6.45, 7) is 3.83. The maximum atomic E-state index is 13.4. The molecule has 0 radical (unpaired) electrons. The van der Waals surface area contributed by atoms with Crippen molar-refractivity contribution in [2.45, 2.75) is 51.1 Å². The van der Waals surface area contributed by atoms with Crippen LogP contribution in [0.4, 0.5) is 0 Å². The fourth-order valence-electron chi connectivity index (χ4n) is 4.37. The van der Waals surface area contributed by atoms with Crippen molar-refractivity contribution in [2.75, 3.05) is 13.1 Å². The zero-order valence-electron chi connectivity index (χ0n) is 15.6. The Hall–Kier alpha value is -2.28. The lowest BCUT2D eigenvalue weighted by atomic mass is 9.85. The van der Waals surface area contributed by atoms with Gasteiger partial charge in [0.05, 0.1) is 29.4 Å². The average Bonchev–Trinajstić information content (AvgIpc) is 3.27. The van der Waals surface area contributed by atoms with Crippen molar-refractivity contribution in [3.8, 4) is 0 Å². The van der Waals surface area contributed by atoms with E-state index in [-0.39, 0.29) is 18.2 Å². The molecule has 0 N–H and O–H groups in total. The van der Waals surface area contributed by atoms with Crippen LogP contribution in [0.25, 0.3) is 0 Å². The molecule has 142 valence electrons. The minimum atomic E-state index is -0.671. The molecule has 2 aliphatic heterocycles. The maximum absolute atomic E-state index is 13.4. The molecule has 2 fully saturated rings. The van der Waals surface area contributed by atoms with Gasteiger partial charge in [0.15, 0.2) is 0 Å². The number of rotatable bonds is 4. The quantitative estimate of drug-likeness (QED) is 0.813. The number of aryl methyl sites for hydroxylation is 1. The van der Waals surface area contributed by atoms with E-state index >= 15 is 0 Å². The molecule has 0 aliphatic carbocycles. The molecule has 1 unspecified atom stereocenters. The van der Waals surface area contributed by atoms with E-state index in [1.807, 2.05) is 40.3 Å². The van der Waals surface area contributed by atoms with Crippen molar-refractivity contribution >= 4 is 23.2 Å². The highest BCUT2D eigenvalue weighted by Gasteiger charge is 2.52. The van der Waals surface area contributed by atoms with Crippen molar-refractivity contribution in [3.05, 3.63) is 46.2 Å². The Bertz CT molecular complexity index is 838. The lowest BCUT2D eigenvalue weighted by Gasteiger charge is -2.44. The molecule has 2 saturated heterocycles. The van der Waals surface area contributed by atoms with Crippen molar-refractivity contribution in [3.63, 3.8) is 0 Å². The van der Waals surface area contributed by atoms with E-state index in [0.29, 0.717) is 13.1 Å². The molecular weight excluding hydrogens is 360 g/mol. The minimum Gasteiger partial charge on any atom is -0.335 e. The molecule has 4 heterocycles. The van der Waals surface area contributed by atoms with Gasteiger partial charge in [0.25, 0.3) is 0 Å². The van der Waals surface area contributed by atoms with Gasteiger partial charge < -0.3 is 9.80 Å². The normalized spacial score (nSPS) is 22.6. The Labute approximate surface area is 163 Å². The number of nitrogens with zero attached hydrogens (tertiary/aromatic N) is 4. The van der Waals surface area contributed by atoms with Gasteiger partial charge in [-0.25, -0.2) is 4.98 Å². The number of pyridine rings is 1. The molecule has 2 amide bonds. The summed E-state index contributed by atoms with van der Waals surface area (Å²) in [5.74, 6) is 0.102. The fraction of sp³-hybridized carbons (Fsp3) is 0.500. The van der Waals surface area contributed by atoms with E-state index in [0.717, 1.165) is 48.6 Å². The molecule has 4 rings (SSSR count). The molecule has 0 aromatic carbocycles.